The van der Waals surface area contributed by atoms with Crippen LogP contribution in [-0.4, -0.2) is 23.8 Å². The van der Waals surface area contributed by atoms with Crippen molar-refractivity contribution in [3.05, 3.63) is 60.0 Å². The molecule has 3 heterocycles. The Bertz CT molecular complexity index is 1220. The second kappa shape index (κ2) is 6.69. The molecular weight excluding hydrogens is 362 g/mol. The number of nitrogens with zero attached hydrogens (tertiary/aromatic N) is 2. The predicted molar refractivity (Wildman–Crippen MR) is 114 cm³/mol. The fraction of sp³-hybridized carbons (Fsp3) is 0.292. The molecule has 0 aliphatic carbocycles. The third kappa shape index (κ3) is 2.64. The van der Waals surface area contributed by atoms with Crippen LogP contribution in [0.25, 0.3) is 28.0 Å². The first-order valence-electron chi connectivity index (χ1n) is 10.1. The van der Waals surface area contributed by atoms with Crippen molar-refractivity contribution in [1.29, 1.82) is 0 Å². The SMILES string of the molecule is COc1ccc(-n2cc3[n+](c2C(C)C)CCc2c-3[nH]c3ccccc23)cc1OC. The van der Waals surface area contributed by atoms with Gasteiger partial charge in [-0.25, -0.2) is 4.57 Å². The van der Waals surface area contributed by atoms with E-state index in [-0.39, 0.29) is 0 Å². The van der Waals surface area contributed by atoms with Gasteiger partial charge < -0.3 is 14.5 Å². The van der Waals surface area contributed by atoms with Crippen molar-refractivity contribution in [1.82, 2.24) is 9.55 Å². The highest BCUT2D eigenvalue weighted by molar-refractivity contribution is 5.90. The molecule has 0 saturated carbocycles. The Morgan fingerprint density at radius 3 is 2.59 bits per heavy atom. The predicted octanol–water partition coefficient (Wildman–Crippen LogP) is 4.61. The summed E-state index contributed by atoms with van der Waals surface area (Å²) in [5.74, 6) is 3.15. The van der Waals surface area contributed by atoms with Gasteiger partial charge in [0.1, 0.15) is 11.9 Å². The van der Waals surface area contributed by atoms with Gasteiger partial charge in [-0.1, -0.05) is 32.0 Å². The smallest absolute Gasteiger partial charge is 0.264 e. The Balaban J connectivity index is 1.74. The summed E-state index contributed by atoms with van der Waals surface area (Å²) in [7, 11) is 3.34. The van der Waals surface area contributed by atoms with Crippen molar-refractivity contribution < 1.29 is 14.0 Å². The van der Waals surface area contributed by atoms with E-state index in [1.165, 1.54) is 33.7 Å². The minimum absolute atomic E-state index is 0.378. The van der Waals surface area contributed by atoms with Gasteiger partial charge in [0.25, 0.3) is 5.82 Å². The van der Waals surface area contributed by atoms with E-state index in [1.54, 1.807) is 14.2 Å². The molecule has 0 amide bonds. The van der Waals surface area contributed by atoms with Crippen LogP contribution in [0.5, 0.6) is 11.5 Å². The van der Waals surface area contributed by atoms with E-state index in [2.05, 4.69) is 64.5 Å². The number of para-hydroxylation sites is 1. The Morgan fingerprint density at radius 1 is 1.03 bits per heavy atom. The molecule has 0 atom stereocenters. The van der Waals surface area contributed by atoms with E-state index in [4.69, 9.17) is 9.47 Å². The van der Waals surface area contributed by atoms with Crippen LogP contribution in [-0.2, 0) is 13.0 Å². The zero-order chi connectivity index (χ0) is 20.1. The van der Waals surface area contributed by atoms with E-state index < -0.39 is 0 Å². The number of ether oxygens (including phenoxy) is 2. The quantitative estimate of drug-likeness (QED) is 0.519. The molecule has 0 radical (unpaired) electrons. The number of fused-ring (bicyclic) bond motifs is 5. The van der Waals surface area contributed by atoms with Crippen LogP contribution in [0.15, 0.2) is 48.7 Å². The molecule has 1 aliphatic rings. The highest BCUT2D eigenvalue weighted by Gasteiger charge is 2.33. The van der Waals surface area contributed by atoms with Crippen LogP contribution in [0.1, 0.15) is 31.2 Å². The molecule has 2 aromatic carbocycles. The van der Waals surface area contributed by atoms with E-state index >= 15 is 0 Å². The molecule has 0 fully saturated rings. The summed E-state index contributed by atoms with van der Waals surface area (Å²) in [6.07, 6.45) is 3.29. The molecule has 5 rings (SSSR count). The van der Waals surface area contributed by atoms with Gasteiger partial charge in [-0.15, -0.1) is 0 Å². The standard InChI is InChI=1S/C24H26N3O2/c1-15(2)24-26-12-11-18-17-7-5-6-8-19(17)25-23(18)20(26)14-27(24)16-9-10-21(28-3)22(13-16)29-4/h5-10,13-15,25H,11-12H2,1-4H3/q+1. The molecule has 2 aromatic heterocycles. The summed E-state index contributed by atoms with van der Waals surface area (Å²) in [4.78, 5) is 3.67. The summed E-state index contributed by atoms with van der Waals surface area (Å²) in [5.41, 5.74) is 6.17. The molecule has 1 N–H and O–H groups in total. The maximum atomic E-state index is 5.55. The number of methoxy groups -OCH3 is 2. The normalized spacial score (nSPS) is 12.9. The number of benzene rings is 2. The van der Waals surface area contributed by atoms with Gasteiger partial charge in [-0.05, 0) is 23.8 Å². The zero-order valence-corrected chi connectivity index (χ0v) is 17.3. The number of rotatable bonds is 4. The molecule has 5 nitrogen and oxygen atoms in total. The van der Waals surface area contributed by atoms with Crippen LogP contribution in [0, 0.1) is 0 Å². The van der Waals surface area contributed by atoms with Crippen molar-refractivity contribution in [3.8, 4) is 28.6 Å². The summed E-state index contributed by atoms with van der Waals surface area (Å²) in [6.45, 7) is 5.49. The number of hydrogen-bond acceptors (Lipinski definition) is 2. The molecular formula is C24H26N3O2+. The van der Waals surface area contributed by atoms with Crippen LogP contribution in [0.2, 0.25) is 0 Å². The minimum atomic E-state index is 0.378. The Kier molecular flexibility index (Phi) is 4.12. The zero-order valence-electron chi connectivity index (χ0n) is 17.3. The fourth-order valence-electron chi connectivity index (χ4n) is 4.62. The van der Waals surface area contributed by atoms with Gasteiger partial charge >= 0.3 is 0 Å². The lowest BCUT2D eigenvalue weighted by atomic mass is 10.0. The minimum Gasteiger partial charge on any atom is -0.493 e. The number of aromatic nitrogens is 3. The number of hydrogen-bond donors (Lipinski definition) is 1. The first kappa shape index (κ1) is 17.9. The fourth-order valence-corrected chi connectivity index (χ4v) is 4.62. The van der Waals surface area contributed by atoms with Gasteiger partial charge in [-0.2, -0.15) is 4.57 Å². The van der Waals surface area contributed by atoms with Crippen molar-refractivity contribution in [2.75, 3.05) is 14.2 Å². The van der Waals surface area contributed by atoms with Gasteiger partial charge in [0.05, 0.1) is 32.4 Å². The molecule has 29 heavy (non-hydrogen) atoms. The first-order chi connectivity index (χ1) is 14.1. The summed E-state index contributed by atoms with van der Waals surface area (Å²) >= 11 is 0. The van der Waals surface area contributed by atoms with Gasteiger partial charge in [0.15, 0.2) is 17.2 Å². The van der Waals surface area contributed by atoms with Crippen LogP contribution < -0.4 is 14.0 Å². The van der Waals surface area contributed by atoms with Gasteiger partial charge in [-0.3, -0.25) is 0 Å². The summed E-state index contributed by atoms with van der Waals surface area (Å²) in [6, 6.07) is 14.7. The van der Waals surface area contributed by atoms with Gasteiger partial charge in [0, 0.05) is 23.4 Å². The molecule has 0 unspecified atom stereocenters. The van der Waals surface area contributed by atoms with Crippen LogP contribution in [0.3, 0.4) is 0 Å². The van der Waals surface area contributed by atoms with Crippen molar-refractivity contribution in [3.63, 3.8) is 0 Å². The van der Waals surface area contributed by atoms with E-state index in [1.807, 2.05) is 12.1 Å². The number of aryl methyl sites for hydroxylation is 1. The Labute approximate surface area is 170 Å². The molecule has 5 heteroatoms. The summed E-state index contributed by atoms with van der Waals surface area (Å²) in [5, 5.41) is 1.33. The van der Waals surface area contributed by atoms with E-state index in [9.17, 15) is 0 Å². The molecule has 1 aliphatic heterocycles. The number of imidazole rings is 1. The highest BCUT2D eigenvalue weighted by Crippen LogP contribution is 2.35. The lowest BCUT2D eigenvalue weighted by Gasteiger charge is -2.14. The summed E-state index contributed by atoms with van der Waals surface area (Å²) < 4.78 is 15.7. The topological polar surface area (TPSA) is 43.1 Å². The second-order valence-electron chi connectivity index (χ2n) is 7.86. The molecule has 4 aromatic rings. The Hall–Kier alpha value is -3.21. The van der Waals surface area contributed by atoms with Crippen LogP contribution >= 0.6 is 0 Å². The number of H-pyrrole nitrogens is 1. The average Bonchev–Trinajstić information content (AvgIpc) is 3.31. The molecule has 148 valence electrons. The highest BCUT2D eigenvalue weighted by atomic mass is 16.5. The average molecular weight is 388 g/mol. The molecule has 0 bridgehead atoms. The first-order valence-corrected chi connectivity index (χ1v) is 10.1. The second-order valence-corrected chi connectivity index (χ2v) is 7.86. The lowest BCUT2D eigenvalue weighted by molar-refractivity contribution is -0.695. The number of aromatic amines is 1. The van der Waals surface area contributed by atoms with Crippen molar-refractivity contribution in [2.24, 2.45) is 0 Å². The monoisotopic (exact) mass is 388 g/mol. The van der Waals surface area contributed by atoms with Gasteiger partial charge in [0.2, 0.25) is 0 Å². The maximum absolute atomic E-state index is 5.55. The van der Waals surface area contributed by atoms with Crippen molar-refractivity contribution >= 4 is 10.9 Å². The van der Waals surface area contributed by atoms with E-state index in [0.717, 1.165) is 30.2 Å². The van der Waals surface area contributed by atoms with E-state index in [0.29, 0.717) is 5.92 Å². The Morgan fingerprint density at radius 2 is 1.83 bits per heavy atom. The largest absolute Gasteiger partial charge is 0.493 e. The number of nitrogens with one attached hydrogen (secondary N) is 1. The van der Waals surface area contributed by atoms with Crippen LogP contribution in [0.4, 0.5) is 0 Å². The van der Waals surface area contributed by atoms with Crippen molar-refractivity contribution in [2.45, 2.75) is 32.7 Å². The molecule has 0 saturated heterocycles. The third-order valence-electron chi connectivity index (χ3n) is 5.88. The lowest BCUT2D eigenvalue weighted by Crippen LogP contribution is -2.43. The maximum Gasteiger partial charge on any atom is 0.264 e. The third-order valence-corrected chi connectivity index (χ3v) is 5.88. The molecule has 0 spiro atoms.